The van der Waals surface area contributed by atoms with E-state index in [1.165, 1.54) is 66.8 Å². The largest absolute Gasteiger partial charge is 0.310 e. The number of rotatable bonds is 12. The van der Waals surface area contributed by atoms with Crippen LogP contribution in [0.15, 0.2) is 263 Å². The molecular weight excluding hydrogens is 855 g/mol. The van der Waals surface area contributed by atoms with E-state index in [1.807, 2.05) is 24.3 Å². The van der Waals surface area contributed by atoms with Crippen molar-refractivity contribution in [2.24, 2.45) is 0 Å². The minimum atomic E-state index is -0.644. The maximum absolute atomic E-state index is 4.11. The predicted molar refractivity (Wildman–Crippen MR) is 302 cm³/mol. The summed E-state index contributed by atoms with van der Waals surface area (Å²) >= 11 is 0. The van der Waals surface area contributed by atoms with Crippen molar-refractivity contribution in [2.75, 3.05) is 4.90 Å². The zero-order chi connectivity index (χ0) is 48.1. The summed E-state index contributed by atoms with van der Waals surface area (Å²) < 4.78 is 0. The standard InChI is InChI=1S/C70H51N/c1-5-48-28-36-54(37-29-48)69(55-38-30-49(6-2)31-39-55)64-25-15-13-23-62(64)68-65(69)26-17-27-67(68)71(58-21-16-20-53(46-58)52-18-10-9-11-19-52)59-44-45-61-60-22-12-14-24-63(60)70(66(61)47-59,56-40-32-50(7-3)33-41-56)57-42-34-51(8-4)35-43-57/h5-47H,1-4H2. The molecule has 0 heterocycles. The summed E-state index contributed by atoms with van der Waals surface area (Å²) in [7, 11) is 0. The average Bonchev–Trinajstić information content (AvgIpc) is 3.92. The molecule has 0 amide bonds. The molecule has 0 spiro atoms. The summed E-state index contributed by atoms with van der Waals surface area (Å²) in [4.78, 5) is 2.51. The number of anilines is 3. The van der Waals surface area contributed by atoms with E-state index in [9.17, 15) is 0 Å². The van der Waals surface area contributed by atoms with E-state index in [2.05, 4.69) is 268 Å². The summed E-state index contributed by atoms with van der Waals surface area (Å²) in [5.74, 6) is 0. The van der Waals surface area contributed by atoms with Crippen LogP contribution in [0.4, 0.5) is 17.1 Å². The van der Waals surface area contributed by atoms with E-state index in [-0.39, 0.29) is 0 Å². The van der Waals surface area contributed by atoms with Crippen molar-refractivity contribution in [3.63, 3.8) is 0 Å². The SMILES string of the molecule is C=Cc1ccc(C2(c3ccc(C=C)cc3)c3ccccc3-c3ccc(N(c4cccc(-c5ccccc5)c4)c4cccc5c4-c4ccccc4C5(c4ccc(C=C)cc4)c4ccc(C=C)cc4)cc32)cc1. The summed E-state index contributed by atoms with van der Waals surface area (Å²) in [5.41, 5.74) is 23.2. The van der Waals surface area contributed by atoms with Crippen molar-refractivity contribution in [1.29, 1.82) is 0 Å². The molecule has 0 saturated carbocycles. The third kappa shape index (κ3) is 6.69. The normalized spacial score (nSPS) is 13.2. The lowest BCUT2D eigenvalue weighted by atomic mass is 9.67. The average molecular weight is 906 g/mol. The van der Waals surface area contributed by atoms with Gasteiger partial charge in [-0.3, -0.25) is 0 Å². The van der Waals surface area contributed by atoms with Crippen molar-refractivity contribution in [3.05, 3.63) is 330 Å². The second kappa shape index (κ2) is 17.5. The Labute approximate surface area is 418 Å². The molecule has 0 atom stereocenters. The highest BCUT2D eigenvalue weighted by molar-refractivity contribution is 5.99. The Kier molecular flexibility index (Phi) is 10.7. The van der Waals surface area contributed by atoms with Crippen LogP contribution in [-0.2, 0) is 10.8 Å². The van der Waals surface area contributed by atoms with Gasteiger partial charge in [0.05, 0.1) is 16.5 Å². The van der Waals surface area contributed by atoms with E-state index < -0.39 is 10.8 Å². The van der Waals surface area contributed by atoms with Gasteiger partial charge in [0.15, 0.2) is 0 Å². The summed E-state index contributed by atoms with van der Waals surface area (Å²) in [5, 5.41) is 0. The highest BCUT2D eigenvalue weighted by atomic mass is 15.1. The number of hydrogen-bond donors (Lipinski definition) is 0. The molecule has 0 aromatic heterocycles. The van der Waals surface area contributed by atoms with Crippen molar-refractivity contribution in [1.82, 2.24) is 0 Å². The lowest BCUT2D eigenvalue weighted by molar-refractivity contribution is 0.767. The molecule has 2 aliphatic rings. The first-order valence-corrected chi connectivity index (χ1v) is 24.4. The van der Waals surface area contributed by atoms with Crippen LogP contribution in [0.2, 0.25) is 0 Å². The monoisotopic (exact) mass is 905 g/mol. The highest BCUT2D eigenvalue weighted by Gasteiger charge is 2.49. The molecule has 12 rings (SSSR count). The van der Waals surface area contributed by atoms with Gasteiger partial charge in [-0.25, -0.2) is 0 Å². The van der Waals surface area contributed by atoms with E-state index in [0.717, 1.165) is 50.4 Å². The number of hydrogen-bond acceptors (Lipinski definition) is 1. The van der Waals surface area contributed by atoms with Gasteiger partial charge in [-0.15, -0.1) is 0 Å². The molecule has 1 nitrogen and oxygen atoms in total. The second-order valence-electron chi connectivity index (χ2n) is 18.6. The summed E-state index contributed by atoms with van der Waals surface area (Å²) in [6.07, 6.45) is 7.68. The third-order valence-corrected chi connectivity index (χ3v) is 15.1. The molecule has 71 heavy (non-hydrogen) atoms. The first-order chi connectivity index (χ1) is 35.0. The molecule has 10 aromatic rings. The van der Waals surface area contributed by atoms with E-state index in [1.54, 1.807) is 0 Å². The van der Waals surface area contributed by atoms with Gasteiger partial charge in [-0.05, 0) is 125 Å². The molecule has 336 valence electrons. The lowest BCUT2D eigenvalue weighted by Crippen LogP contribution is -2.29. The van der Waals surface area contributed by atoms with Gasteiger partial charge in [0.1, 0.15) is 0 Å². The van der Waals surface area contributed by atoms with Gasteiger partial charge < -0.3 is 4.90 Å². The van der Waals surface area contributed by atoms with Crippen LogP contribution in [0, 0.1) is 0 Å². The molecule has 2 aliphatic carbocycles. The first kappa shape index (κ1) is 43.3. The molecule has 1 heteroatoms. The van der Waals surface area contributed by atoms with Crippen LogP contribution in [0.1, 0.15) is 66.8 Å². The fraction of sp³-hybridized carbons (Fsp3) is 0.0286. The molecule has 10 aromatic carbocycles. The van der Waals surface area contributed by atoms with Gasteiger partial charge in [0, 0.05) is 16.9 Å². The smallest absolute Gasteiger partial charge is 0.0714 e. The Bertz CT molecular complexity index is 3580. The Hall–Kier alpha value is -9.04. The summed E-state index contributed by atoms with van der Waals surface area (Å²) in [6, 6.07) is 87.7. The van der Waals surface area contributed by atoms with Crippen molar-refractivity contribution < 1.29 is 0 Å². The minimum absolute atomic E-state index is 0.636. The topological polar surface area (TPSA) is 3.24 Å². The molecule has 0 radical (unpaired) electrons. The van der Waals surface area contributed by atoms with Crippen molar-refractivity contribution in [3.8, 4) is 33.4 Å². The maximum atomic E-state index is 4.11. The van der Waals surface area contributed by atoms with Crippen molar-refractivity contribution >= 4 is 41.4 Å². The van der Waals surface area contributed by atoms with Gasteiger partial charge in [0.2, 0.25) is 0 Å². The zero-order valence-electron chi connectivity index (χ0n) is 39.6. The molecule has 0 aliphatic heterocycles. The number of benzene rings is 10. The Morgan fingerprint density at radius 3 is 1.24 bits per heavy atom. The molecule has 0 unspecified atom stereocenters. The van der Waals surface area contributed by atoms with Crippen LogP contribution in [0.25, 0.3) is 57.7 Å². The molecular formula is C70H51N. The lowest BCUT2D eigenvalue weighted by Gasteiger charge is -2.36. The molecule has 0 bridgehead atoms. The minimum Gasteiger partial charge on any atom is -0.310 e. The first-order valence-electron chi connectivity index (χ1n) is 24.4. The van der Waals surface area contributed by atoms with Crippen LogP contribution in [0.3, 0.4) is 0 Å². The van der Waals surface area contributed by atoms with Crippen LogP contribution in [0.5, 0.6) is 0 Å². The zero-order valence-corrected chi connectivity index (χ0v) is 39.6. The van der Waals surface area contributed by atoms with E-state index >= 15 is 0 Å². The second-order valence-corrected chi connectivity index (χ2v) is 18.6. The van der Waals surface area contributed by atoms with Gasteiger partial charge >= 0.3 is 0 Å². The predicted octanol–water partition coefficient (Wildman–Crippen LogP) is 18.1. The number of fused-ring (bicyclic) bond motifs is 6. The molecule has 0 N–H and O–H groups in total. The highest BCUT2D eigenvalue weighted by Crippen LogP contribution is 2.61. The fourth-order valence-corrected chi connectivity index (χ4v) is 11.8. The van der Waals surface area contributed by atoms with Gasteiger partial charge in [-0.2, -0.15) is 0 Å². The maximum Gasteiger partial charge on any atom is 0.0714 e. The Balaban J connectivity index is 1.17. The van der Waals surface area contributed by atoms with E-state index in [4.69, 9.17) is 0 Å². The molecule has 0 fully saturated rings. The summed E-state index contributed by atoms with van der Waals surface area (Å²) in [6.45, 7) is 16.4. The van der Waals surface area contributed by atoms with Crippen LogP contribution in [-0.4, -0.2) is 0 Å². The van der Waals surface area contributed by atoms with Crippen LogP contribution < -0.4 is 4.90 Å². The van der Waals surface area contributed by atoms with E-state index in [0.29, 0.717) is 0 Å². The van der Waals surface area contributed by atoms with Crippen molar-refractivity contribution in [2.45, 2.75) is 10.8 Å². The molecule has 0 saturated heterocycles. The van der Waals surface area contributed by atoms with Crippen LogP contribution >= 0.6 is 0 Å². The quantitative estimate of drug-likeness (QED) is 0.118. The van der Waals surface area contributed by atoms with Gasteiger partial charge in [0.25, 0.3) is 0 Å². The third-order valence-electron chi connectivity index (χ3n) is 15.1. The number of nitrogens with zero attached hydrogens (tertiary/aromatic N) is 1. The fourth-order valence-electron chi connectivity index (χ4n) is 11.8. The van der Waals surface area contributed by atoms with Gasteiger partial charge in [-0.1, -0.05) is 257 Å². The Morgan fingerprint density at radius 1 is 0.296 bits per heavy atom. The Morgan fingerprint density at radius 2 is 0.704 bits per heavy atom.